The van der Waals surface area contributed by atoms with Crippen molar-refractivity contribution in [2.45, 2.75) is 16.3 Å². The third-order valence-electron chi connectivity index (χ3n) is 5.72. The van der Waals surface area contributed by atoms with E-state index < -0.39 is 10.0 Å². The highest BCUT2D eigenvalue weighted by molar-refractivity contribution is 8.16. The van der Waals surface area contributed by atoms with Crippen LogP contribution in [0.15, 0.2) is 109 Å². The number of sulfonamides is 1. The molecule has 3 aromatic carbocycles. The minimum Gasteiger partial charge on any atom is -0.419 e. The second kappa shape index (κ2) is 10.5. The normalized spacial score (nSPS) is 15.7. The molecule has 0 unspecified atom stereocenters. The number of thioether (sulfide) groups is 1. The first-order valence-corrected chi connectivity index (χ1v) is 14.6. The summed E-state index contributed by atoms with van der Waals surface area (Å²) in [5.41, 5.74) is 2.71. The average Bonchev–Trinajstić information content (AvgIpc) is 2.93. The Labute approximate surface area is 237 Å². The molecule has 39 heavy (non-hydrogen) atoms. The molecule has 0 radical (unpaired) electrons. The zero-order valence-electron chi connectivity index (χ0n) is 19.9. The Bertz CT molecular complexity index is 1930. The Balaban J connectivity index is 1.44. The largest absolute Gasteiger partial charge is 0.419 e. The fourth-order valence-electron chi connectivity index (χ4n) is 3.86. The Morgan fingerprint density at radius 1 is 1.00 bits per heavy atom. The lowest BCUT2D eigenvalue weighted by atomic mass is 10.2. The number of hydrogen-bond donors (Lipinski definition) is 1. The number of para-hydroxylation sites is 1. The van der Waals surface area contributed by atoms with E-state index in [4.69, 9.17) is 27.6 Å². The maximum absolute atomic E-state index is 13.2. The van der Waals surface area contributed by atoms with Gasteiger partial charge in [-0.25, -0.2) is 18.4 Å². The molecule has 12 heteroatoms. The number of halogens is 2. The van der Waals surface area contributed by atoms with Gasteiger partial charge in [0.2, 0.25) is 11.4 Å². The van der Waals surface area contributed by atoms with E-state index in [-0.39, 0.29) is 27.5 Å². The van der Waals surface area contributed by atoms with E-state index >= 15 is 0 Å². The van der Waals surface area contributed by atoms with E-state index in [1.54, 1.807) is 48.8 Å². The van der Waals surface area contributed by atoms with Crippen molar-refractivity contribution in [1.29, 1.82) is 0 Å². The second-order valence-corrected chi connectivity index (χ2v) is 11.9. The van der Waals surface area contributed by atoms with Crippen LogP contribution in [0.2, 0.25) is 10.0 Å². The van der Waals surface area contributed by atoms with Crippen LogP contribution in [0.4, 0.5) is 5.69 Å². The van der Waals surface area contributed by atoms with E-state index in [9.17, 15) is 8.42 Å². The van der Waals surface area contributed by atoms with Crippen LogP contribution in [0.5, 0.6) is 0 Å². The Morgan fingerprint density at radius 3 is 2.62 bits per heavy atom. The summed E-state index contributed by atoms with van der Waals surface area (Å²) in [6, 6.07) is 21.1. The summed E-state index contributed by atoms with van der Waals surface area (Å²) >= 11 is 13.9. The summed E-state index contributed by atoms with van der Waals surface area (Å²) in [6.07, 6.45) is 3.34. The molecule has 0 fully saturated rings. The third kappa shape index (κ3) is 5.41. The van der Waals surface area contributed by atoms with Crippen LogP contribution < -0.4 is 10.3 Å². The molecule has 5 aromatic rings. The molecule has 3 heterocycles. The van der Waals surface area contributed by atoms with Crippen LogP contribution in [-0.4, -0.2) is 23.6 Å². The van der Waals surface area contributed by atoms with Crippen molar-refractivity contribution in [2.75, 3.05) is 0 Å². The molecule has 0 saturated carbocycles. The van der Waals surface area contributed by atoms with Crippen LogP contribution in [0, 0.1) is 0 Å². The monoisotopic (exact) mass is 593 g/mol. The first-order valence-electron chi connectivity index (χ1n) is 11.5. The fourth-order valence-corrected chi connectivity index (χ4v) is 6.92. The number of hydrogen-bond acceptors (Lipinski definition) is 8. The maximum atomic E-state index is 13.2. The van der Waals surface area contributed by atoms with Gasteiger partial charge in [0.05, 0.1) is 33.7 Å². The lowest BCUT2D eigenvalue weighted by Gasteiger charge is -2.20. The Hall–Kier alpha value is -3.70. The summed E-state index contributed by atoms with van der Waals surface area (Å²) in [6.45, 7) is 0.277. The predicted octanol–water partition coefficient (Wildman–Crippen LogP) is 6.37. The second-order valence-electron chi connectivity index (χ2n) is 8.40. The summed E-state index contributed by atoms with van der Waals surface area (Å²) in [5, 5.41) is 1.79. The van der Waals surface area contributed by atoms with Gasteiger partial charge >= 0.3 is 0 Å². The SMILES string of the molecule is O=S1(=O)NC(=NCc2cccnc2)Sc2cc(Cl)c(-c3nc4ccccc4c(=Nc4ccc(Cl)cc4)o3)cc21. The number of nitrogens with one attached hydrogen (secondary N) is 1. The van der Waals surface area contributed by atoms with Gasteiger partial charge in [-0.2, -0.15) is 0 Å². The Kier molecular flexibility index (Phi) is 6.86. The smallest absolute Gasteiger partial charge is 0.264 e. The highest BCUT2D eigenvalue weighted by Crippen LogP contribution is 2.39. The van der Waals surface area contributed by atoms with E-state index in [0.29, 0.717) is 37.6 Å². The van der Waals surface area contributed by atoms with Gasteiger partial charge in [0, 0.05) is 22.3 Å². The molecule has 0 amide bonds. The number of benzene rings is 3. The number of fused-ring (bicyclic) bond motifs is 2. The number of aliphatic imine (C=N–C) groups is 1. The predicted molar refractivity (Wildman–Crippen MR) is 153 cm³/mol. The van der Waals surface area contributed by atoms with Gasteiger partial charge in [-0.15, -0.1) is 0 Å². The minimum atomic E-state index is -3.93. The molecular weight excluding hydrogens is 577 g/mol. The van der Waals surface area contributed by atoms with Gasteiger partial charge in [0.1, 0.15) is 4.90 Å². The molecule has 194 valence electrons. The van der Waals surface area contributed by atoms with Crippen LogP contribution in [0.3, 0.4) is 0 Å². The van der Waals surface area contributed by atoms with Gasteiger partial charge in [0.15, 0.2) is 5.17 Å². The summed E-state index contributed by atoms with van der Waals surface area (Å²) in [5.74, 6) is 0.130. The van der Waals surface area contributed by atoms with Crippen molar-refractivity contribution in [3.05, 3.63) is 106 Å². The molecular formula is C27H17Cl2N5O3S2. The molecule has 0 bridgehead atoms. The summed E-state index contributed by atoms with van der Waals surface area (Å²) in [7, 11) is -3.93. The highest BCUT2D eigenvalue weighted by Gasteiger charge is 2.30. The Morgan fingerprint density at radius 2 is 1.82 bits per heavy atom. The molecule has 8 nitrogen and oxygen atoms in total. The van der Waals surface area contributed by atoms with Crippen LogP contribution in [0.25, 0.3) is 22.4 Å². The van der Waals surface area contributed by atoms with Gasteiger partial charge < -0.3 is 4.42 Å². The van der Waals surface area contributed by atoms with E-state index in [1.165, 1.54) is 17.8 Å². The quantitative estimate of drug-likeness (QED) is 0.259. The molecule has 1 aliphatic heterocycles. The van der Waals surface area contributed by atoms with Crippen molar-refractivity contribution < 1.29 is 12.8 Å². The number of rotatable bonds is 4. The summed E-state index contributed by atoms with van der Waals surface area (Å²) in [4.78, 5) is 18.2. The van der Waals surface area contributed by atoms with Crippen molar-refractivity contribution in [2.24, 2.45) is 9.98 Å². The van der Waals surface area contributed by atoms with E-state index in [0.717, 1.165) is 5.56 Å². The topological polar surface area (TPSA) is 110 Å². The zero-order valence-corrected chi connectivity index (χ0v) is 23.0. The lowest BCUT2D eigenvalue weighted by Crippen LogP contribution is -2.32. The number of pyridine rings is 1. The maximum Gasteiger partial charge on any atom is 0.264 e. The standard InChI is InChI=1S/C27H17Cl2N5O3S2/c28-17-7-9-18(10-8-17)32-25-19-5-1-2-6-22(19)33-26(37-25)20-12-24-23(13-21(20)29)38-27(34-39(24,35)36)31-15-16-4-3-11-30-14-16/h1-14H,15H2,(H,31,34). The molecule has 1 aliphatic rings. The van der Waals surface area contributed by atoms with Gasteiger partial charge in [-0.05, 0) is 60.2 Å². The molecule has 0 spiro atoms. The van der Waals surface area contributed by atoms with Gasteiger partial charge in [-0.3, -0.25) is 14.7 Å². The van der Waals surface area contributed by atoms with Crippen molar-refractivity contribution >= 4 is 66.7 Å². The number of aromatic nitrogens is 2. The first-order chi connectivity index (χ1) is 18.9. The van der Waals surface area contributed by atoms with Crippen molar-refractivity contribution in [3.8, 4) is 11.5 Å². The fraction of sp³-hybridized carbons (Fsp3) is 0.0370. The van der Waals surface area contributed by atoms with Crippen LogP contribution in [-0.2, 0) is 16.6 Å². The van der Waals surface area contributed by atoms with Crippen molar-refractivity contribution in [1.82, 2.24) is 14.7 Å². The first kappa shape index (κ1) is 25.6. The van der Waals surface area contributed by atoms with Crippen LogP contribution >= 0.6 is 35.0 Å². The molecule has 0 aliphatic carbocycles. The summed E-state index contributed by atoms with van der Waals surface area (Å²) < 4.78 is 35.0. The van der Waals surface area contributed by atoms with Crippen molar-refractivity contribution in [3.63, 3.8) is 0 Å². The van der Waals surface area contributed by atoms with E-state index in [1.807, 2.05) is 30.3 Å². The highest BCUT2D eigenvalue weighted by atomic mass is 35.5. The van der Waals surface area contributed by atoms with Crippen LogP contribution in [0.1, 0.15) is 5.56 Å². The molecule has 6 rings (SSSR count). The van der Waals surface area contributed by atoms with Gasteiger partial charge in [0.25, 0.3) is 10.0 Å². The molecule has 2 aromatic heterocycles. The third-order valence-corrected chi connectivity index (χ3v) is 8.90. The molecule has 0 saturated heterocycles. The average molecular weight is 595 g/mol. The van der Waals surface area contributed by atoms with Gasteiger partial charge in [-0.1, -0.05) is 53.2 Å². The molecule has 1 N–H and O–H groups in total. The number of nitrogens with zero attached hydrogens (tertiary/aromatic N) is 4. The number of amidine groups is 1. The zero-order chi connectivity index (χ0) is 27.0. The molecule has 0 atom stereocenters. The lowest BCUT2D eigenvalue weighted by molar-refractivity contribution is 0.505. The van der Waals surface area contributed by atoms with E-state index in [2.05, 4.69) is 24.7 Å². The minimum absolute atomic E-state index is 0.0496.